The molecule has 2 rings (SSSR count). The zero-order chi connectivity index (χ0) is 19.4. The van der Waals surface area contributed by atoms with Gasteiger partial charge in [0.1, 0.15) is 5.60 Å². The van der Waals surface area contributed by atoms with E-state index in [1.54, 1.807) is 11.9 Å². The van der Waals surface area contributed by atoms with Gasteiger partial charge in [-0.25, -0.2) is 4.79 Å². The molecule has 1 amide bonds. The summed E-state index contributed by atoms with van der Waals surface area (Å²) in [6, 6.07) is 0. The van der Waals surface area contributed by atoms with Crippen LogP contribution in [0.25, 0.3) is 0 Å². The lowest BCUT2D eigenvalue weighted by Gasteiger charge is -2.28. The number of carbonyl (C=O) groups is 1. The Morgan fingerprint density at radius 3 is 2.73 bits per heavy atom. The molecule has 1 N–H and O–H groups in total. The highest BCUT2D eigenvalue weighted by Gasteiger charge is 2.42. The predicted octanol–water partition coefficient (Wildman–Crippen LogP) is 2.18. The maximum atomic E-state index is 12.1. The molecule has 2 heterocycles. The van der Waals surface area contributed by atoms with Crippen molar-refractivity contribution in [3.05, 3.63) is 0 Å². The van der Waals surface area contributed by atoms with Crippen molar-refractivity contribution in [2.45, 2.75) is 46.1 Å². The van der Waals surface area contributed by atoms with E-state index in [-0.39, 0.29) is 12.0 Å². The summed E-state index contributed by atoms with van der Waals surface area (Å²) >= 11 is 0. The fourth-order valence-corrected chi connectivity index (χ4v) is 3.63. The molecule has 0 aromatic rings. The van der Waals surface area contributed by atoms with Crippen LogP contribution in [-0.2, 0) is 9.47 Å². The highest BCUT2D eigenvalue weighted by molar-refractivity contribution is 5.80. The van der Waals surface area contributed by atoms with E-state index in [1.165, 1.54) is 6.42 Å². The minimum absolute atomic E-state index is 0.281. The number of guanidine groups is 1. The van der Waals surface area contributed by atoms with Gasteiger partial charge in [0.25, 0.3) is 0 Å². The normalized spacial score (nSPS) is 24.8. The number of hydrogen-bond acceptors (Lipinski definition) is 4. The molecule has 0 saturated carbocycles. The first-order valence-corrected chi connectivity index (χ1v) is 9.62. The van der Waals surface area contributed by atoms with Crippen LogP contribution in [0.5, 0.6) is 0 Å². The van der Waals surface area contributed by atoms with E-state index in [1.807, 2.05) is 27.8 Å². The average molecular weight is 369 g/mol. The van der Waals surface area contributed by atoms with Crippen molar-refractivity contribution >= 4 is 12.1 Å². The molecule has 2 saturated heterocycles. The van der Waals surface area contributed by atoms with E-state index >= 15 is 0 Å². The Balaban J connectivity index is 1.76. The van der Waals surface area contributed by atoms with Gasteiger partial charge in [0.15, 0.2) is 5.96 Å². The summed E-state index contributed by atoms with van der Waals surface area (Å²) in [4.78, 5) is 20.5. The monoisotopic (exact) mass is 368 g/mol. The number of amides is 1. The Kier molecular flexibility index (Phi) is 6.77. The van der Waals surface area contributed by atoms with Crippen molar-refractivity contribution < 1.29 is 14.3 Å². The Bertz CT molecular complexity index is 509. The smallest absolute Gasteiger partial charge is 0.410 e. The van der Waals surface area contributed by atoms with Gasteiger partial charge in [-0.15, -0.1) is 0 Å². The molecule has 26 heavy (non-hydrogen) atoms. The number of likely N-dealkylation sites (tertiary alicyclic amines) is 1. The average Bonchev–Trinajstić information content (AvgIpc) is 3.17. The summed E-state index contributed by atoms with van der Waals surface area (Å²) in [5.74, 6) is 1.23. The Morgan fingerprint density at radius 1 is 1.42 bits per heavy atom. The molecule has 2 unspecified atom stereocenters. The SMILES string of the molecule is CN=C(NCC(C)CN(C)C(=O)OC(C)(C)C)N1CCC2(CCOC2)C1. The second-order valence-electron chi connectivity index (χ2n) is 8.87. The minimum atomic E-state index is -0.468. The summed E-state index contributed by atoms with van der Waals surface area (Å²) in [7, 11) is 3.61. The minimum Gasteiger partial charge on any atom is -0.444 e. The molecule has 7 heteroatoms. The maximum absolute atomic E-state index is 12.1. The fraction of sp³-hybridized carbons (Fsp3) is 0.895. The number of hydrogen-bond donors (Lipinski definition) is 1. The van der Waals surface area contributed by atoms with Crippen LogP contribution in [0.3, 0.4) is 0 Å². The molecule has 150 valence electrons. The molecular formula is C19H36N4O3. The molecule has 1 spiro atoms. The van der Waals surface area contributed by atoms with Crippen molar-refractivity contribution in [1.29, 1.82) is 0 Å². The van der Waals surface area contributed by atoms with Gasteiger partial charge >= 0.3 is 6.09 Å². The second-order valence-corrected chi connectivity index (χ2v) is 8.87. The summed E-state index contributed by atoms with van der Waals surface area (Å²) in [5, 5.41) is 3.47. The van der Waals surface area contributed by atoms with Crippen molar-refractivity contribution in [2.24, 2.45) is 16.3 Å². The first-order valence-electron chi connectivity index (χ1n) is 9.62. The third kappa shape index (κ3) is 5.76. The van der Waals surface area contributed by atoms with Crippen LogP contribution in [-0.4, -0.2) is 80.9 Å². The largest absolute Gasteiger partial charge is 0.444 e. The Labute approximate surface area is 158 Å². The Hall–Kier alpha value is -1.50. The number of nitrogens with one attached hydrogen (secondary N) is 1. The number of carbonyl (C=O) groups excluding carboxylic acids is 1. The van der Waals surface area contributed by atoms with Crippen molar-refractivity contribution in [2.75, 3.05) is 53.5 Å². The standard InChI is InChI=1S/C19H36N4O3/c1-15(12-22(6)17(24)26-18(2,3)4)11-21-16(20-5)23-9-7-19(13-23)8-10-25-14-19/h15H,7-14H2,1-6H3,(H,20,21). The molecule has 2 aliphatic rings. The van der Waals surface area contributed by atoms with Gasteiger partial charge in [-0.1, -0.05) is 6.92 Å². The number of ether oxygens (including phenoxy) is 2. The molecule has 0 bridgehead atoms. The number of nitrogens with zero attached hydrogens (tertiary/aromatic N) is 3. The summed E-state index contributed by atoms with van der Waals surface area (Å²) in [5.41, 5.74) is -0.148. The topological polar surface area (TPSA) is 66.4 Å². The van der Waals surface area contributed by atoms with Gasteiger partial charge in [0.2, 0.25) is 0 Å². The van der Waals surface area contributed by atoms with Crippen molar-refractivity contribution in [3.63, 3.8) is 0 Å². The molecule has 2 aliphatic heterocycles. The lowest BCUT2D eigenvalue weighted by atomic mass is 9.87. The second kappa shape index (κ2) is 8.46. The molecule has 2 atom stereocenters. The molecular weight excluding hydrogens is 332 g/mol. The third-order valence-corrected chi connectivity index (χ3v) is 5.03. The van der Waals surface area contributed by atoms with Gasteiger partial charge in [0, 0.05) is 52.3 Å². The van der Waals surface area contributed by atoms with E-state index in [9.17, 15) is 4.79 Å². The summed E-state index contributed by atoms with van der Waals surface area (Å²) in [6.45, 7) is 13.0. The van der Waals surface area contributed by atoms with Gasteiger partial charge in [-0.05, 0) is 39.5 Å². The zero-order valence-electron chi connectivity index (χ0n) is 17.3. The lowest BCUT2D eigenvalue weighted by molar-refractivity contribution is 0.0278. The van der Waals surface area contributed by atoms with E-state index in [0.29, 0.717) is 12.0 Å². The van der Waals surface area contributed by atoms with Crippen LogP contribution in [0, 0.1) is 11.3 Å². The van der Waals surface area contributed by atoms with Gasteiger partial charge < -0.3 is 24.6 Å². The van der Waals surface area contributed by atoms with Crippen LogP contribution in [0.1, 0.15) is 40.5 Å². The van der Waals surface area contributed by atoms with Crippen LogP contribution in [0.4, 0.5) is 4.79 Å². The van der Waals surface area contributed by atoms with Gasteiger partial charge in [-0.3, -0.25) is 4.99 Å². The van der Waals surface area contributed by atoms with E-state index < -0.39 is 5.60 Å². The lowest BCUT2D eigenvalue weighted by Crippen LogP contribution is -2.44. The molecule has 7 nitrogen and oxygen atoms in total. The maximum Gasteiger partial charge on any atom is 0.410 e. The predicted molar refractivity (Wildman–Crippen MR) is 103 cm³/mol. The molecule has 0 aliphatic carbocycles. The molecule has 0 aromatic carbocycles. The van der Waals surface area contributed by atoms with Gasteiger partial charge in [-0.2, -0.15) is 0 Å². The zero-order valence-corrected chi connectivity index (χ0v) is 17.3. The summed E-state index contributed by atoms with van der Waals surface area (Å²) in [6.07, 6.45) is 2.04. The van der Waals surface area contributed by atoms with Crippen molar-refractivity contribution in [1.82, 2.24) is 15.1 Å². The van der Waals surface area contributed by atoms with Gasteiger partial charge in [0.05, 0.1) is 6.61 Å². The van der Waals surface area contributed by atoms with Crippen LogP contribution in [0.2, 0.25) is 0 Å². The molecule has 0 radical (unpaired) electrons. The van der Waals surface area contributed by atoms with Crippen LogP contribution < -0.4 is 5.32 Å². The fourth-order valence-electron chi connectivity index (χ4n) is 3.63. The van der Waals surface area contributed by atoms with Crippen molar-refractivity contribution in [3.8, 4) is 0 Å². The van der Waals surface area contributed by atoms with E-state index in [4.69, 9.17) is 9.47 Å². The van der Waals surface area contributed by atoms with Crippen LogP contribution >= 0.6 is 0 Å². The first kappa shape index (κ1) is 20.8. The number of aliphatic imine (C=N–C) groups is 1. The highest BCUT2D eigenvalue weighted by atomic mass is 16.6. The van der Waals surface area contributed by atoms with E-state index in [0.717, 1.165) is 45.2 Å². The molecule has 0 aromatic heterocycles. The summed E-state index contributed by atoms with van der Waals surface area (Å²) < 4.78 is 11.0. The highest BCUT2D eigenvalue weighted by Crippen LogP contribution is 2.38. The Morgan fingerprint density at radius 2 is 2.15 bits per heavy atom. The molecule has 2 fully saturated rings. The van der Waals surface area contributed by atoms with E-state index in [2.05, 4.69) is 22.1 Å². The number of rotatable bonds is 4. The van der Waals surface area contributed by atoms with Crippen LogP contribution in [0.15, 0.2) is 4.99 Å². The third-order valence-electron chi connectivity index (χ3n) is 5.03. The first-order chi connectivity index (χ1) is 12.1. The quantitative estimate of drug-likeness (QED) is 0.609.